The first-order valence-corrected chi connectivity index (χ1v) is 7.85. The molecule has 1 amide bonds. The highest BCUT2D eigenvalue weighted by atomic mass is 16.1. The van der Waals surface area contributed by atoms with Crippen molar-refractivity contribution >= 4 is 17.2 Å². The standard InChI is InChI=1S/C19H15N5O/c1-13-6-2-3-9-16(13)21-19(25)15-8-5-11-24-17(22-23-18(15)24)14-7-4-10-20-12-14/h2-12H,1H3,(H,21,25). The van der Waals surface area contributed by atoms with Crippen LogP contribution in [-0.4, -0.2) is 25.5 Å². The van der Waals surface area contributed by atoms with Gasteiger partial charge in [0.05, 0.1) is 5.56 Å². The van der Waals surface area contributed by atoms with Gasteiger partial charge in [-0.05, 0) is 42.8 Å². The molecule has 0 radical (unpaired) electrons. The van der Waals surface area contributed by atoms with Gasteiger partial charge < -0.3 is 5.32 Å². The molecule has 3 heterocycles. The van der Waals surface area contributed by atoms with E-state index in [1.807, 2.05) is 55.6 Å². The lowest BCUT2D eigenvalue weighted by Gasteiger charge is -2.08. The van der Waals surface area contributed by atoms with Crippen LogP contribution in [0.1, 0.15) is 15.9 Å². The van der Waals surface area contributed by atoms with Crippen LogP contribution in [0, 0.1) is 6.92 Å². The van der Waals surface area contributed by atoms with Crippen LogP contribution in [0.4, 0.5) is 5.69 Å². The first kappa shape index (κ1) is 15.0. The number of rotatable bonds is 3. The van der Waals surface area contributed by atoms with E-state index < -0.39 is 0 Å². The predicted octanol–water partition coefficient (Wildman–Crippen LogP) is 3.35. The summed E-state index contributed by atoms with van der Waals surface area (Å²) in [7, 11) is 0. The number of hydrogen-bond acceptors (Lipinski definition) is 4. The minimum atomic E-state index is -0.218. The Labute approximate surface area is 144 Å². The maximum Gasteiger partial charge on any atom is 0.259 e. The number of nitrogens with zero attached hydrogens (tertiary/aromatic N) is 4. The third-order valence-corrected chi connectivity index (χ3v) is 3.99. The van der Waals surface area contributed by atoms with Crippen LogP contribution in [0.15, 0.2) is 67.1 Å². The van der Waals surface area contributed by atoms with E-state index in [9.17, 15) is 4.79 Å². The zero-order chi connectivity index (χ0) is 17.2. The third-order valence-electron chi connectivity index (χ3n) is 3.99. The Morgan fingerprint density at radius 1 is 1.04 bits per heavy atom. The summed E-state index contributed by atoms with van der Waals surface area (Å²) < 4.78 is 1.80. The molecule has 0 atom stereocenters. The molecule has 0 saturated heterocycles. The van der Waals surface area contributed by atoms with E-state index in [4.69, 9.17) is 0 Å². The first-order valence-electron chi connectivity index (χ1n) is 7.85. The molecule has 4 rings (SSSR count). The number of aromatic nitrogens is 4. The molecule has 3 aromatic heterocycles. The lowest BCUT2D eigenvalue weighted by molar-refractivity contribution is 0.102. The van der Waals surface area contributed by atoms with Gasteiger partial charge in [-0.25, -0.2) is 0 Å². The van der Waals surface area contributed by atoms with Crippen molar-refractivity contribution in [1.82, 2.24) is 19.6 Å². The summed E-state index contributed by atoms with van der Waals surface area (Å²) in [4.78, 5) is 16.8. The number of nitrogens with one attached hydrogen (secondary N) is 1. The summed E-state index contributed by atoms with van der Waals surface area (Å²) in [5.74, 6) is 0.429. The van der Waals surface area contributed by atoms with Crippen LogP contribution in [0.2, 0.25) is 0 Å². The van der Waals surface area contributed by atoms with Crippen molar-refractivity contribution in [3.8, 4) is 11.4 Å². The van der Waals surface area contributed by atoms with Crippen molar-refractivity contribution in [3.63, 3.8) is 0 Å². The Kier molecular flexibility index (Phi) is 3.70. The molecular weight excluding hydrogens is 314 g/mol. The summed E-state index contributed by atoms with van der Waals surface area (Å²) in [5.41, 5.74) is 3.59. The fourth-order valence-electron chi connectivity index (χ4n) is 2.69. The predicted molar refractivity (Wildman–Crippen MR) is 95.4 cm³/mol. The highest BCUT2D eigenvalue weighted by molar-refractivity contribution is 6.08. The van der Waals surface area contributed by atoms with Crippen molar-refractivity contribution < 1.29 is 4.79 Å². The number of pyridine rings is 2. The third kappa shape index (κ3) is 2.74. The van der Waals surface area contributed by atoms with Crippen LogP contribution in [0.3, 0.4) is 0 Å². The molecule has 0 aliphatic carbocycles. The number of fused-ring (bicyclic) bond motifs is 1. The second-order valence-electron chi connectivity index (χ2n) is 5.65. The Morgan fingerprint density at radius 3 is 2.72 bits per heavy atom. The SMILES string of the molecule is Cc1ccccc1NC(=O)c1cccn2c(-c3cccnc3)nnc12. The maximum atomic E-state index is 12.7. The Bertz CT molecular complexity index is 1060. The molecule has 25 heavy (non-hydrogen) atoms. The van der Waals surface area contributed by atoms with Gasteiger partial charge in [0.25, 0.3) is 5.91 Å². The Balaban J connectivity index is 1.75. The molecule has 6 nitrogen and oxygen atoms in total. The molecule has 1 N–H and O–H groups in total. The average Bonchev–Trinajstić information content (AvgIpc) is 3.08. The van der Waals surface area contributed by atoms with Crippen molar-refractivity contribution in [2.45, 2.75) is 6.92 Å². The van der Waals surface area contributed by atoms with Crippen LogP contribution in [0.25, 0.3) is 17.0 Å². The Morgan fingerprint density at radius 2 is 1.92 bits per heavy atom. The number of carbonyl (C=O) groups excluding carboxylic acids is 1. The smallest absolute Gasteiger partial charge is 0.259 e. The van der Waals surface area contributed by atoms with Gasteiger partial charge in [0.1, 0.15) is 0 Å². The quantitative estimate of drug-likeness (QED) is 0.625. The summed E-state index contributed by atoms with van der Waals surface area (Å²) in [6.45, 7) is 1.95. The number of carbonyl (C=O) groups is 1. The molecule has 0 spiro atoms. The van der Waals surface area contributed by atoms with Gasteiger partial charge in [-0.3, -0.25) is 14.2 Å². The first-order chi connectivity index (χ1) is 12.2. The molecule has 122 valence electrons. The number of anilines is 1. The van der Waals surface area contributed by atoms with Gasteiger partial charge in [-0.1, -0.05) is 18.2 Å². The number of hydrogen-bond donors (Lipinski definition) is 1. The molecule has 0 aliphatic rings. The second kappa shape index (κ2) is 6.16. The molecule has 6 heteroatoms. The fraction of sp³-hybridized carbons (Fsp3) is 0.0526. The minimum absolute atomic E-state index is 0.218. The summed E-state index contributed by atoms with van der Waals surface area (Å²) in [6.07, 6.45) is 5.26. The lowest BCUT2D eigenvalue weighted by atomic mass is 10.2. The topological polar surface area (TPSA) is 72.2 Å². The molecule has 0 aliphatic heterocycles. The van der Waals surface area contributed by atoms with E-state index >= 15 is 0 Å². The maximum absolute atomic E-state index is 12.7. The van der Waals surface area contributed by atoms with Gasteiger partial charge in [0.15, 0.2) is 11.5 Å². The monoisotopic (exact) mass is 329 g/mol. The van der Waals surface area contributed by atoms with Gasteiger partial charge in [0.2, 0.25) is 0 Å². The van der Waals surface area contributed by atoms with E-state index in [-0.39, 0.29) is 5.91 Å². The molecule has 0 unspecified atom stereocenters. The van der Waals surface area contributed by atoms with Crippen LogP contribution < -0.4 is 5.32 Å². The number of para-hydroxylation sites is 1. The van der Waals surface area contributed by atoms with E-state index in [0.717, 1.165) is 16.8 Å². The molecule has 0 bridgehead atoms. The Hall–Kier alpha value is -3.54. The highest BCUT2D eigenvalue weighted by Crippen LogP contribution is 2.20. The molecule has 4 aromatic rings. The number of aryl methyl sites for hydroxylation is 1. The van der Waals surface area contributed by atoms with Crippen LogP contribution >= 0.6 is 0 Å². The van der Waals surface area contributed by atoms with Crippen LogP contribution in [-0.2, 0) is 0 Å². The number of benzene rings is 1. The van der Waals surface area contributed by atoms with Crippen LogP contribution in [0.5, 0.6) is 0 Å². The molecule has 0 fully saturated rings. The van der Waals surface area contributed by atoms with Crippen molar-refractivity contribution in [2.24, 2.45) is 0 Å². The fourth-order valence-corrected chi connectivity index (χ4v) is 2.69. The molecule has 0 saturated carbocycles. The summed E-state index contributed by atoms with van der Waals surface area (Å²) >= 11 is 0. The summed E-state index contributed by atoms with van der Waals surface area (Å²) in [6, 6.07) is 14.9. The highest BCUT2D eigenvalue weighted by Gasteiger charge is 2.16. The number of amides is 1. The van der Waals surface area contributed by atoms with Gasteiger partial charge in [0, 0.05) is 29.8 Å². The van der Waals surface area contributed by atoms with E-state index in [1.165, 1.54) is 0 Å². The van der Waals surface area contributed by atoms with Crippen molar-refractivity contribution in [1.29, 1.82) is 0 Å². The van der Waals surface area contributed by atoms with E-state index in [2.05, 4.69) is 20.5 Å². The summed E-state index contributed by atoms with van der Waals surface area (Å²) in [5, 5.41) is 11.4. The van der Waals surface area contributed by atoms with E-state index in [0.29, 0.717) is 17.0 Å². The van der Waals surface area contributed by atoms with Gasteiger partial charge in [-0.2, -0.15) is 0 Å². The zero-order valence-electron chi connectivity index (χ0n) is 13.5. The second-order valence-corrected chi connectivity index (χ2v) is 5.65. The van der Waals surface area contributed by atoms with Gasteiger partial charge >= 0.3 is 0 Å². The average molecular weight is 329 g/mol. The largest absolute Gasteiger partial charge is 0.322 e. The lowest BCUT2D eigenvalue weighted by Crippen LogP contribution is -2.14. The van der Waals surface area contributed by atoms with Gasteiger partial charge in [-0.15, -0.1) is 10.2 Å². The van der Waals surface area contributed by atoms with E-state index in [1.54, 1.807) is 22.9 Å². The minimum Gasteiger partial charge on any atom is -0.322 e. The molecule has 1 aromatic carbocycles. The van der Waals surface area contributed by atoms with Crippen molar-refractivity contribution in [2.75, 3.05) is 5.32 Å². The zero-order valence-corrected chi connectivity index (χ0v) is 13.5. The molecular formula is C19H15N5O. The van der Waals surface area contributed by atoms with Crippen molar-refractivity contribution in [3.05, 3.63) is 78.2 Å². The normalized spacial score (nSPS) is 10.8.